The van der Waals surface area contributed by atoms with Crippen LogP contribution in [0.5, 0.6) is 0 Å². The molecule has 0 heterocycles. The Bertz CT molecular complexity index is 121. The van der Waals surface area contributed by atoms with E-state index in [0.29, 0.717) is 6.54 Å². The highest BCUT2D eigenvalue weighted by atomic mass is 14.5. The Hall–Kier alpha value is -0.820. The molecule has 0 aliphatic heterocycles. The van der Waals surface area contributed by atoms with Gasteiger partial charge in [0.15, 0.2) is 0 Å². The highest BCUT2D eigenvalue weighted by Crippen LogP contribution is 1.77. The number of hydrogen-bond donors (Lipinski definition) is 1. The van der Waals surface area contributed by atoms with Crippen molar-refractivity contribution in [3.05, 3.63) is 36.5 Å². The van der Waals surface area contributed by atoms with Crippen molar-refractivity contribution in [3.63, 3.8) is 0 Å². The maximum atomic E-state index is 5.20. The molecule has 2 N–H and O–H groups in total. The molecular weight excluding hydrogens is 110 g/mol. The van der Waals surface area contributed by atoms with Crippen LogP contribution in [0.3, 0.4) is 0 Å². The van der Waals surface area contributed by atoms with E-state index in [9.17, 15) is 0 Å². The zero-order valence-corrected chi connectivity index (χ0v) is 5.75. The van der Waals surface area contributed by atoms with Gasteiger partial charge < -0.3 is 5.73 Å². The Balaban J connectivity index is 3.35. The van der Waals surface area contributed by atoms with E-state index in [0.717, 1.165) is 0 Å². The van der Waals surface area contributed by atoms with Gasteiger partial charge in [0.05, 0.1) is 0 Å². The van der Waals surface area contributed by atoms with E-state index in [1.807, 2.05) is 43.4 Å². The highest BCUT2D eigenvalue weighted by molar-refractivity contribution is 5.10. The second-order valence-corrected chi connectivity index (χ2v) is 1.57. The third kappa shape index (κ3) is 7.18. The number of hydrogen-bond acceptors (Lipinski definition) is 1. The van der Waals surface area contributed by atoms with E-state index < -0.39 is 0 Å². The van der Waals surface area contributed by atoms with Gasteiger partial charge in [-0.1, -0.05) is 36.5 Å². The minimum Gasteiger partial charge on any atom is -0.327 e. The molecule has 1 heteroatoms. The summed E-state index contributed by atoms with van der Waals surface area (Å²) >= 11 is 0. The lowest BCUT2D eigenvalue weighted by atomic mass is 10.4. The fourth-order valence-corrected chi connectivity index (χ4v) is 0.397. The lowest BCUT2D eigenvalue weighted by Gasteiger charge is -1.73. The largest absolute Gasteiger partial charge is 0.327 e. The molecule has 0 aliphatic rings. The first-order chi connectivity index (χ1) is 4.41. The summed E-state index contributed by atoms with van der Waals surface area (Å²) in [6.45, 7) is 2.59. The van der Waals surface area contributed by atoms with E-state index >= 15 is 0 Å². The highest BCUT2D eigenvalue weighted by Gasteiger charge is 1.60. The topological polar surface area (TPSA) is 26.0 Å². The van der Waals surface area contributed by atoms with Crippen LogP contribution in [0.15, 0.2) is 36.5 Å². The van der Waals surface area contributed by atoms with Crippen molar-refractivity contribution >= 4 is 0 Å². The van der Waals surface area contributed by atoms with Crippen molar-refractivity contribution in [1.29, 1.82) is 0 Å². The minimum absolute atomic E-state index is 0.611. The molecule has 0 bridgehead atoms. The summed E-state index contributed by atoms with van der Waals surface area (Å²) in [6.07, 6.45) is 11.7. The van der Waals surface area contributed by atoms with E-state index in [1.54, 1.807) is 0 Å². The summed E-state index contributed by atoms with van der Waals surface area (Å²) in [7, 11) is 0. The van der Waals surface area contributed by atoms with Crippen LogP contribution in [-0.4, -0.2) is 6.54 Å². The normalized spacial score (nSPS) is 12.7. The fraction of sp³-hybridized carbons (Fsp3) is 0.250. The Morgan fingerprint density at radius 3 is 2.33 bits per heavy atom. The molecule has 9 heavy (non-hydrogen) atoms. The van der Waals surface area contributed by atoms with Crippen molar-refractivity contribution in [2.75, 3.05) is 6.54 Å². The lowest BCUT2D eigenvalue weighted by Crippen LogP contribution is -1.91. The van der Waals surface area contributed by atoms with Crippen LogP contribution < -0.4 is 5.73 Å². The Morgan fingerprint density at radius 1 is 1.11 bits per heavy atom. The van der Waals surface area contributed by atoms with Crippen LogP contribution in [-0.2, 0) is 0 Å². The molecule has 0 aliphatic carbocycles. The van der Waals surface area contributed by atoms with Crippen molar-refractivity contribution in [2.24, 2.45) is 5.73 Å². The van der Waals surface area contributed by atoms with E-state index in [2.05, 4.69) is 0 Å². The van der Waals surface area contributed by atoms with Gasteiger partial charge >= 0.3 is 0 Å². The zero-order valence-electron chi connectivity index (χ0n) is 5.75. The average molecular weight is 123 g/mol. The number of nitrogens with two attached hydrogens (primary N) is 1. The maximum absolute atomic E-state index is 5.20. The van der Waals surface area contributed by atoms with Crippen LogP contribution in [0.2, 0.25) is 0 Å². The molecule has 1 nitrogen and oxygen atoms in total. The molecule has 0 aromatic heterocycles. The monoisotopic (exact) mass is 123 g/mol. The molecule has 0 radical (unpaired) electrons. The lowest BCUT2D eigenvalue weighted by molar-refractivity contribution is 1.25. The summed E-state index contributed by atoms with van der Waals surface area (Å²) in [5.41, 5.74) is 5.20. The van der Waals surface area contributed by atoms with Crippen molar-refractivity contribution < 1.29 is 0 Å². The molecule has 0 amide bonds. The van der Waals surface area contributed by atoms with Gasteiger partial charge in [-0.15, -0.1) is 0 Å². The predicted octanol–water partition coefficient (Wildman–Crippen LogP) is 1.63. The first-order valence-electron chi connectivity index (χ1n) is 3.06. The Kier molecular flexibility index (Phi) is 6.53. The van der Waals surface area contributed by atoms with E-state index in [-0.39, 0.29) is 0 Å². The zero-order chi connectivity index (χ0) is 6.95. The summed E-state index contributed by atoms with van der Waals surface area (Å²) in [5, 5.41) is 0. The van der Waals surface area contributed by atoms with Gasteiger partial charge in [-0.05, 0) is 6.92 Å². The second kappa shape index (κ2) is 7.18. The SMILES string of the molecule is C\C=C/C=C/C=C/CN. The van der Waals surface area contributed by atoms with Gasteiger partial charge in [0, 0.05) is 6.54 Å². The van der Waals surface area contributed by atoms with Gasteiger partial charge in [-0.3, -0.25) is 0 Å². The molecule has 0 saturated carbocycles. The Morgan fingerprint density at radius 2 is 1.78 bits per heavy atom. The van der Waals surface area contributed by atoms with Crippen molar-refractivity contribution in [1.82, 2.24) is 0 Å². The first-order valence-corrected chi connectivity index (χ1v) is 3.06. The van der Waals surface area contributed by atoms with Gasteiger partial charge in [-0.25, -0.2) is 0 Å². The summed E-state index contributed by atoms with van der Waals surface area (Å²) in [6, 6.07) is 0. The van der Waals surface area contributed by atoms with E-state index in [4.69, 9.17) is 5.73 Å². The van der Waals surface area contributed by atoms with Crippen LogP contribution in [0.4, 0.5) is 0 Å². The molecule has 0 aromatic rings. The quantitative estimate of drug-likeness (QED) is 0.567. The molecule has 50 valence electrons. The van der Waals surface area contributed by atoms with Crippen molar-refractivity contribution in [3.8, 4) is 0 Å². The molecule has 0 spiro atoms. The van der Waals surface area contributed by atoms with Gasteiger partial charge in [0.1, 0.15) is 0 Å². The molecule has 0 fully saturated rings. The molecule has 0 aromatic carbocycles. The third-order valence-electron chi connectivity index (χ3n) is 0.798. The molecule has 0 atom stereocenters. The van der Waals surface area contributed by atoms with Gasteiger partial charge in [0.2, 0.25) is 0 Å². The standard InChI is InChI=1S/C8H13N/c1-2-3-4-5-6-7-8-9/h2-7H,8-9H2,1H3/b3-2-,5-4+,7-6+. The maximum Gasteiger partial charge on any atom is 0.0109 e. The smallest absolute Gasteiger partial charge is 0.0109 e. The first kappa shape index (κ1) is 8.18. The van der Waals surface area contributed by atoms with Gasteiger partial charge in [-0.2, -0.15) is 0 Å². The summed E-state index contributed by atoms with van der Waals surface area (Å²) in [5.74, 6) is 0. The van der Waals surface area contributed by atoms with Crippen LogP contribution in [0.1, 0.15) is 6.92 Å². The second-order valence-electron chi connectivity index (χ2n) is 1.57. The van der Waals surface area contributed by atoms with Crippen LogP contribution >= 0.6 is 0 Å². The fourth-order valence-electron chi connectivity index (χ4n) is 0.397. The summed E-state index contributed by atoms with van der Waals surface area (Å²) in [4.78, 5) is 0. The van der Waals surface area contributed by atoms with Crippen molar-refractivity contribution in [2.45, 2.75) is 6.92 Å². The third-order valence-corrected chi connectivity index (χ3v) is 0.798. The van der Waals surface area contributed by atoms with Crippen LogP contribution in [0.25, 0.3) is 0 Å². The number of rotatable bonds is 3. The molecule has 0 unspecified atom stereocenters. The molecular formula is C8H13N. The molecule has 0 saturated heterocycles. The number of allylic oxidation sites excluding steroid dienone is 5. The Labute approximate surface area is 56.6 Å². The van der Waals surface area contributed by atoms with Gasteiger partial charge in [0.25, 0.3) is 0 Å². The van der Waals surface area contributed by atoms with E-state index in [1.165, 1.54) is 0 Å². The average Bonchev–Trinajstić information content (AvgIpc) is 1.89. The molecule has 0 rings (SSSR count). The minimum atomic E-state index is 0.611. The summed E-state index contributed by atoms with van der Waals surface area (Å²) < 4.78 is 0. The van der Waals surface area contributed by atoms with Crippen LogP contribution in [0, 0.1) is 0 Å². The predicted molar refractivity (Wildman–Crippen MR) is 42.1 cm³/mol.